The van der Waals surface area contributed by atoms with Gasteiger partial charge in [-0.25, -0.2) is 4.79 Å². The predicted molar refractivity (Wildman–Crippen MR) is 49.2 cm³/mol. The van der Waals surface area contributed by atoms with Crippen molar-refractivity contribution in [1.82, 2.24) is 0 Å². The highest BCUT2D eigenvalue weighted by Crippen LogP contribution is 2.18. The first-order chi connectivity index (χ1) is 6.79. The molecule has 0 atom stereocenters. The number of hydrogen-bond acceptors (Lipinski definition) is 4. The SMILES string of the molecule is O=COc1ccc2ccc(=O)oc2c1. The topological polar surface area (TPSA) is 56.5 Å². The van der Waals surface area contributed by atoms with Gasteiger partial charge in [0.2, 0.25) is 0 Å². The quantitative estimate of drug-likeness (QED) is 0.529. The van der Waals surface area contributed by atoms with Gasteiger partial charge >= 0.3 is 5.63 Å². The average Bonchev–Trinajstić information content (AvgIpc) is 2.17. The second kappa shape index (κ2) is 3.33. The molecule has 0 saturated carbocycles. The van der Waals surface area contributed by atoms with Crippen molar-refractivity contribution in [3.05, 3.63) is 40.8 Å². The lowest BCUT2D eigenvalue weighted by Crippen LogP contribution is -1.95. The van der Waals surface area contributed by atoms with Gasteiger partial charge in [0.05, 0.1) is 0 Å². The van der Waals surface area contributed by atoms with Crippen LogP contribution in [-0.4, -0.2) is 6.47 Å². The van der Waals surface area contributed by atoms with Gasteiger partial charge in [-0.15, -0.1) is 0 Å². The molecule has 1 heterocycles. The van der Waals surface area contributed by atoms with Crippen LogP contribution < -0.4 is 10.4 Å². The van der Waals surface area contributed by atoms with Crippen molar-refractivity contribution < 1.29 is 13.9 Å². The van der Waals surface area contributed by atoms with Crippen molar-refractivity contribution in [3.63, 3.8) is 0 Å². The highest BCUT2D eigenvalue weighted by atomic mass is 16.5. The van der Waals surface area contributed by atoms with E-state index in [1.807, 2.05) is 0 Å². The summed E-state index contributed by atoms with van der Waals surface area (Å²) >= 11 is 0. The molecule has 0 aliphatic rings. The van der Waals surface area contributed by atoms with Gasteiger partial charge in [-0.3, -0.25) is 4.79 Å². The molecule has 0 saturated heterocycles. The van der Waals surface area contributed by atoms with Crippen molar-refractivity contribution in [1.29, 1.82) is 0 Å². The van der Waals surface area contributed by atoms with Crippen LogP contribution in [0.25, 0.3) is 11.0 Å². The number of ether oxygens (including phenoxy) is 1. The van der Waals surface area contributed by atoms with Gasteiger partial charge in [0, 0.05) is 17.5 Å². The van der Waals surface area contributed by atoms with Crippen LogP contribution in [-0.2, 0) is 4.79 Å². The van der Waals surface area contributed by atoms with E-state index in [9.17, 15) is 9.59 Å². The van der Waals surface area contributed by atoms with Gasteiger partial charge in [-0.2, -0.15) is 0 Å². The molecule has 0 radical (unpaired) electrons. The fraction of sp³-hybridized carbons (Fsp3) is 0. The van der Waals surface area contributed by atoms with E-state index < -0.39 is 5.63 Å². The molecular formula is C10H6O4. The molecule has 2 aromatic rings. The Labute approximate surface area is 78.7 Å². The largest absolute Gasteiger partial charge is 0.429 e. The lowest BCUT2D eigenvalue weighted by molar-refractivity contribution is -0.120. The van der Waals surface area contributed by atoms with Gasteiger partial charge in [0.25, 0.3) is 6.47 Å². The monoisotopic (exact) mass is 190 g/mol. The Morgan fingerprint density at radius 2 is 2.00 bits per heavy atom. The Hall–Kier alpha value is -2.10. The zero-order valence-corrected chi connectivity index (χ0v) is 7.10. The summed E-state index contributed by atoms with van der Waals surface area (Å²) in [7, 11) is 0. The predicted octanol–water partition coefficient (Wildman–Crippen LogP) is 1.33. The third kappa shape index (κ3) is 1.50. The molecule has 0 amide bonds. The van der Waals surface area contributed by atoms with Crippen LogP contribution in [0.1, 0.15) is 0 Å². The van der Waals surface area contributed by atoms with Crippen LogP contribution in [0, 0.1) is 0 Å². The maximum absolute atomic E-state index is 10.9. The Morgan fingerprint density at radius 1 is 1.21 bits per heavy atom. The number of rotatable bonds is 2. The first-order valence-electron chi connectivity index (χ1n) is 3.94. The normalized spacial score (nSPS) is 10.0. The molecule has 70 valence electrons. The lowest BCUT2D eigenvalue weighted by atomic mass is 10.2. The maximum Gasteiger partial charge on any atom is 0.336 e. The van der Waals surface area contributed by atoms with E-state index in [2.05, 4.69) is 4.74 Å². The summed E-state index contributed by atoms with van der Waals surface area (Å²) in [5.74, 6) is 0.349. The van der Waals surface area contributed by atoms with Crippen molar-refractivity contribution >= 4 is 17.4 Å². The Bertz CT molecular complexity index is 527. The molecule has 0 aliphatic heterocycles. The fourth-order valence-electron chi connectivity index (χ4n) is 1.17. The molecule has 0 spiro atoms. The Balaban J connectivity index is 2.63. The minimum atomic E-state index is -0.430. The summed E-state index contributed by atoms with van der Waals surface area (Å²) in [5.41, 5.74) is -0.0300. The number of carbonyl (C=O) groups excluding carboxylic acids is 1. The fourth-order valence-corrected chi connectivity index (χ4v) is 1.17. The second-order valence-electron chi connectivity index (χ2n) is 2.67. The van der Waals surface area contributed by atoms with Gasteiger partial charge in [0.1, 0.15) is 11.3 Å². The first-order valence-corrected chi connectivity index (χ1v) is 3.94. The van der Waals surface area contributed by atoms with Crippen LogP contribution in [0.4, 0.5) is 0 Å². The number of carbonyl (C=O) groups is 1. The minimum Gasteiger partial charge on any atom is -0.429 e. The Kier molecular flexibility index (Phi) is 2.02. The van der Waals surface area contributed by atoms with Gasteiger partial charge in [-0.1, -0.05) is 0 Å². The minimum absolute atomic E-state index is 0.322. The first kappa shape index (κ1) is 8.50. The summed E-state index contributed by atoms with van der Waals surface area (Å²) < 4.78 is 9.51. The van der Waals surface area contributed by atoms with Gasteiger partial charge < -0.3 is 9.15 Å². The molecule has 4 heteroatoms. The molecule has 0 aliphatic carbocycles. The zero-order valence-electron chi connectivity index (χ0n) is 7.10. The zero-order chi connectivity index (χ0) is 9.97. The maximum atomic E-state index is 10.9. The van der Waals surface area contributed by atoms with Crippen LogP contribution >= 0.6 is 0 Å². The van der Waals surface area contributed by atoms with E-state index in [0.29, 0.717) is 17.8 Å². The summed E-state index contributed by atoms with van der Waals surface area (Å²) in [6, 6.07) is 7.80. The molecule has 4 nitrogen and oxygen atoms in total. The number of hydrogen-bond donors (Lipinski definition) is 0. The smallest absolute Gasteiger partial charge is 0.336 e. The van der Waals surface area contributed by atoms with Crippen LogP contribution in [0.3, 0.4) is 0 Å². The summed E-state index contributed by atoms with van der Waals surface area (Å²) in [4.78, 5) is 20.9. The molecule has 2 rings (SSSR count). The summed E-state index contributed by atoms with van der Waals surface area (Å²) in [6.07, 6.45) is 0. The summed E-state index contributed by atoms with van der Waals surface area (Å²) in [5, 5.41) is 0.780. The third-order valence-electron chi connectivity index (χ3n) is 1.78. The van der Waals surface area contributed by atoms with E-state index in [1.165, 1.54) is 12.1 Å². The van der Waals surface area contributed by atoms with E-state index in [0.717, 1.165) is 5.39 Å². The van der Waals surface area contributed by atoms with Crippen LogP contribution in [0.2, 0.25) is 0 Å². The highest BCUT2D eigenvalue weighted by Gasteiger charge is 1.99. The molecule has 1 aromatic carbocycles. The number of fused-ring (bicyclic) bond motifs is 1. The van der Waals surface area contributed by atoms with Crippen molar-refractivity contribution in [2.45, 2.75) is 0 Å². The lowest BCUT2D eigenvalue weighted by Gasteiger charge is -1.98. The molecule has 0 unspecified atom stereocenters. The summed E-state index contributed by atoms with van der Waals surface area (Å²) in [6.45, 7) is 0.322. The van der Waals surface area contributed by atoms with Crippen molar-refractivity contribution in [2.24, 2.45) is 0 Å². The van der Waals surface area contributed by atoms with E-state index in [-0.39, 0.29) is 0 Å². The van der Waals surface area contributed by atoms with Crippen LogP contribution in [0.5, 0.6) is 5.75 Å². The molecule has 0 fully saturated rings. The van der Waals surface area contributed by atoms with Gasteiger partial charge in [-0.05, 0) is 18.2 Å². The average molecular weight is 190 g/mol. The van der Waals surface area contributed by atoms with E-state index in [4.69, 9.17) is 4.42 Å². The highest BCUT2D eigenvalue weighted by molar-refractivity contribution is 5.78. The molecule has 0 bridgehead atoms. The Morgan fingerprint density at radius 3 is 2.79 bits per heavy atom. The van der Waals surface area contributed by atoms with E-state index >= 15 is 0 Å². The van der Waals surface area contributed by atoms with E-state index in [1.54, 1.807) is 18.2 Å². The standard InChI is InChI=1S/C10H6O4/c11-6-13-8-3-1-7-2-4-10(12)14-9(7)5-8/h1-6H. The third-order valence-corrected chi connectivity index (χ3v) is 1.78. The molecule has 14 heavy (non-hydrogen) atoms. The number of benzene rings is 1. The van der Waals surface area contributed by atoms with Crippen molar-refractivity contribution in [3.8, 4) is 5.75 Å². The second-order valence-corrected chi connectivity index (χ2v) is 2.67. The molecule has 1 aromatic heterocycles. The van der Waals surface area contributed by atoms with Crippen molar-refractivity contribution in [2.75, 3.05) is 0 Å². The van der Waals surface area contributed by atoms with Crippen LogP contribution in [0.15, 0.2) is 39.5 Å². The molecule has 0 N–H and O–H groups in total. The van der Waals surface area contributed by atoms with Gasteiger partial charge in [0.15, 0.2) is 0 Å². The molecular weight excluding hydrogens is 184 g/mol.